The molecule has 0 radical (unpaired) electrons. The molecule has 2 rings (SSSR count). The van der Waals surface area contributed by atoms with Crippen molar-refractivity contribution < 1.29 is 23.6 Å². The summed E-state index contributed by atoms with van der Waals surface area (Å²) in [6.07, 6.45) is 0.163. The molecule has 21 heavy (non-hydrogen) atoms. The Morgan fingerprint density at radius 2 is 2.19 bits per heavy atom. The van der Waals surface area contributed by atoms with E-state index in [-0.39, 0.29) is 6.42 Å². The van der Waals surface area contributed by atoms with E-state index in [9.17, 15) is 14.3 Å². The highest BCUT2D eigenvalue weighted by Gasteiger charge is 2.27. The number of carboxylic acid groups (broad SMARTS) is 1. The average Bonchev–Trinajstić information content (AvgIpc) is 2.75. The van der Waals surface area contributed by atoms with Gasteiger partial charge in [0.25, 0.3) is 0 Å². The maximum absolute atomic E-state index is 13.5. The number of rotatable bonds is 5. The number of ether oxygens (including phenoxy) is 1. The molecular weight excluding hydrogens is 277 g/mol. The summed E-state index contributed by atoms with van der Waals surface area (Å²) in [4.78, 5) is 11.6. The zero-order valence-corrected chi connectivity index (χ0v) is 12.0. The number of aryl methyl sites for hydroxylation is 2. The van der Waals surface area contributed by atoms with Gasteiger partial charge >= 0.3 is 5.97 Å². The minimum Gasteiger partial charge on any atom is -0.496 e. The third-order valence-corrected chi connectivity index (χ3v) is 3.45. The molecule has 112 valence electrons. The van der Waals surface area contributed by atoms with Gasteiger partial charge in [-0.05, 0) is 38.5 Å². The number of nitrogens with zero attached hydrogens (tertiary/aromatic N) is 1. The van der Waals surface area contributed by atoms with E-state index in [1.54, 1.807) is 13.8 Å². The molecule has 1 N–H and O–H groups in total. The third-order valence-electron chi connectivity index (χ3n) is 3.45. The molecule has 5 nitrogen and oxygen atoms in total. The standard InChI is InChI=1S/C15H16FNO4/c1-8-11(9(2)21-17-8)7-13(15(18)19)12-6-10(16)4-5-14(12)20-3/h4-6,13H,7H2,1-3H3,(H,18,19). The van der Waals surface area contributed by atoms with Crippen LogP contribution < -0.4 is 4.74 Å². The van der Waals surface area contributed by atoms with Gasteiger partial charge in [-0.3, -0.25) is 4.79 Å². The van der Waals surface area contributed by atoms with Crippen molar-refractivity contribution in [1.29, 1.82) is 0 Å². The molecule has 0 aliphatic heterocycles. The fourth-order valence-corrected chi connectivity index (χ4v) is 2.31. The van der Waals surface area contributed by atoms with E-state index >= 15 is 0 Å². The first-order chi connectivity index (χ1) is 9.93. The van der Waals surface area contributed by atoms with E-state index in [2.05, 4.69) is 5.16 Å². The Morgan fingerprint density at radius 1 is 1.48 bits per heavy atom. The van der Waals surface area contributed by atoms with Crippen molar-refractivity contribution in [2.45, 2.75) is 26.2 Å². The summed E-state index contributed by atoms with van der Waals surface area (Å²) in [7, 11) is 1.42. The van der Waals surface area contributed by atoms with Crippen LogP contribution in [0.25, 0.3) is 0 Å². The van der Waals surface area contributed by atoms with Gasteiger partial charge < -0.3 is 14.4 Å². The van der Waals surface area contributed by atoms with E-state index in [4.69, 9.17) is 9.26 Å². The Bertz CT molecular complexity index is 646. The van der Waals surface area contributed by atoms with E-state index in [0.29, 0.717) is 28.3 Å². The van der Waals surface area contributed by atoms with Crippen molar-refractivity contribution in [1.82, 2.24) is 5.16 Å². The highest BCUT2D eigenvalue weighted by molar-refractivity contribution is 5.77. The highest BCUT2D eigenvalue weighted by atomic mass is 19.1. The summed E-state index contributed by atoms with van der Waals surface area (Å²) in [6, 6.07) is 3.85. The van der Waals surface area contributed by atoms with E-state index in [0.717, 1.165) is 0 Å². The molecule has 1 aromatic heterocycles. The summed E-state index contributed by atoms with van der Waals surface area (Å²) < 4.78 is 23.7. The van der Waals surface area contributed by atoms with E-state index in [1.165, 1.54) is 25.3 Å². The van der Waals surface area contributed by atoms with Crippen molar-refractivity contribution in [3.05, 3.63) is 46.6 Å². The molecule has 0 bridgehead atoms. The van der Waals surface area contributed by atoms with Crippen LogP contribution in [0.5, 0.6) is 5.75 Å². The van der Waals surface area contributed by atoms with Crippen molar-refractivity contribution in [3.63, 3.8) is 0 Å². The smallest absolute Gasteiger partial charge is 0.311 e. The Morgan fingerprint density at radius 3 is 2.71 bits per heavy atom. The van der Waals surface area contributed by atoms with Gasteiger partial charge in [0.15, 0.2) is 0 Å². The Labute approximate surface area is 121 Å². The van der Waals surface area contributed by atoms with Crippen molar-refractivity contribution in [3.8, 4) is 5.75 Å². The van der Waals surface area contributed by atoms with Gasteiger partial charge in [-0.25, -0.2) is 4.39 Å². The highest BCUT2D eigenvalue weighted by Crippen LogP contribution is 2.32. The molecule has 1 aromatic carbocycles. The largest absolute Gasteiger partial charge is 0.496 e. The molecule has 1 heterocycles. The third kappa shape index (κ3) is 3.04. The molecule has 0 aliphatic carbocycles. The molecule has 2 aromatic rings. The van der Waals surface area contributed by atoms with Gasteiger partial charge in [0, 0.05) is 11.1 Å². The molecule has 0 aliphatic rings. The molecule has 0 saturated heterocycles. The van der Waals surface area contributed by atoms with Gasteiger partial charge in [-0.2, -0.15) is 0 Å². The maximum atomic E-state index is 13.5. The van der Waals surface area contributed by atoms with Crippen LogP contribution in [0.3, 0.4) is 0 Å². The van der Waals surface area contributed by atoms with Gasteiger partial charge in [-0.1, -0.05) is 5.16 Å². The second kappa shape index (κ2) is 5.95. The maximum Gasteiger partial charge on any atom is 0.311 e. The minimum absolute atomic E-state index is 0.163. The van der Waals surface area contributed by atoms with Crippen LogP contribution in [0.2, 0.25) is 0 Å². The van der Waals surface area contributed by atoms with Gasteiger partial charge in [-0.15, -0.1) is 0 Å². The predicted octanol–water partition coefficient (Wildman–Crippen LogP) is 2.85. The molecule has 1 unspecified atom stereocenters. The molecule has 0 spiro atoms. The zero-order valence-electron chi connectivity index (χ0n) is 12.0. The second-order valence-electron chi connectivity index (χ2n) is 4.78. The molecule has 1 atom stereocenters. The lowest BCUT2D eigenvalue weighted by atomic mass is 9.90. The van der Waals surface area contributed by atoms with Crippen LogP contribution in [0.4, 0.5) is 4.39 Å². The SMILES string of the molecule is COc1ccc(F)cc1C(Cc1c(C)noc1C)C(=O)O. The van der Waals surface area contributed by atoms with Gasteiger partial charge in [0.05, 0.1) is 18.7 Å². The summed E-state index contributed by atoms with van der Waals surface area (Å²) in [6.45, 7) is 3.46. The van der Waals surface area contributed by atoms with Gasteiger partial charge in [0.1, 0.15) is 17.3 Å². The fraction of sp³-hybridized carbons (Fsp3) is 0.333. The van der Waals surface area contributed by atoms with Crippen LogP contribution >= 0.6 is 0 Å². The first-order valence-electron chi connectivity index (χ1n) is 6.42. The number of aromatic nitrogens is 1. The summed E-state index contributed by atoms with van der Waals surface area (Å²) in [5.41, 5.74) is 1.65. The number of hydrogen-bond acceptors (Lipinski definition) is 4. The van der Waals surface area contributed by atoms with Crippen molar-refractivity contribution in [2.75, 3.05) is 7.11 Å². The van der Waals surface area contributed by atoms with E-state index < -0.39 is 17.7 Å². The lowest BCUT2D eigenvalue weighted by Gasteiger charge is -2.16. The van der Waals surface area contributed by atoms with Crippen LogP contribution in [-0.4, -0.2) is 23.3 Å². The first-order valence-corrected chi connectivity index (χ1v) is 6.42. The van der Waals surface area contributed by atoms with Crippen LogP contribution in [0, 0.1) is 19.7 Å². The fourth-order valence-electron chi connectivity index (χ4n) is 2.31. The van der Waals surface area contributed by atoms with Crippen LogP contribution in [0.1, 0.15) is 28.5 Å². The topological polar surface area (TPSA) is 72.6 Å². The van der Waals surface area contributed by atoms with E-state index in [1.807, 2.05) is 0 Å². The number of halogens is 1. The number of benzene rings is 1. The molecule has 0 fully saturated rings. The normalized spacial score (nSPS) is 12.2. The second-order valence-corrected chi connectivity index (χ2v) is 4.78. The van der Waals surface area contributed by atoms with Crippen LogP contribution in [-0.2, 0) is 11.2 Å². The first kappa shape index (κ1) is 15.0. The molecular formula is C15H16FNO4. The summed E-state index contributed by atoms with van der Waals surface area (Å²) in [5.74, 6) is -1.59. The number of carbonyl (C=O) groups is 1. The molecule has 6 heteroatoms. The van der Waals surface area contributed by atoms with Crippen LogP contribution in [0.15, 0.2) is 22.7 Å². The quantitative estimate of drug-likeness (QED) is 0.917. The average molecular weight is 293 g/mol. The Kier molecular flexibility index (Phi) is 4.26. The van der Waals surface area contributed by atoms with Crippen molar-refractivity contribution >= 4 is 5.97 Å². The summed E-state index contributed by atoms with van der Waals surface area (Å²) in [5, 5.41) is 13.3. The predicted molar refractivity (Wildman–Crippen MR) is 73.0 cm³/mol. The van der Waals surface area contributed by atoms with Gasteiger partial charge in [0.2, 0.25) is 0 Å². The number of aliphatic carboxylic acids is 1. The summed E-state index contributed by atoms with van der Waals surface area (Å²) >= 11 is 0. The number of methoxy groups -OCH3 is 1. The zero-order chi connectivity index (χ0) is 15.6. The minimum atomic E-state index is -1.06. The molecule has 0 amide bonds. The van der Waals surface area contributed by atoms with Crippen molar-refractivity contribution in [2.24, 2.45) is 0 Å². The Hall–Kier alpha value is -2.37. The number of hydrogen-bond donors (Lipinski definition) is 1. The Balaban J connectivity index is 2.45. The monoisotopic (exact) mass is 293 g/mol. The lowest BCUT2D eigenvalue weighted by molar-refractivity contribution is -0.138. The number of carboxylic acids is 1. The molecule has 0 saturated carbocycles. The lowest BCUT2D eigenvalue weighted by Crippen LogP contribution is -2.16.